The Hall–Kier alpha value is -1.56. The van der Waals surface area contributed by atoms with Gasteiger partial charge in [-0.1, -0.05) is 81.4 Å². The molecule has 2 aromatic carbocycles. The van der Waals surface area contributed by atoms with Crippen LogP contribution in [0.2, 0.25) is 5.04 Å². The molecular weight excluding hydrogens is 382 g/mol. The Morgan fingerprint density at radius 1 is 0.893 bits per heavy atom. The molecule has 0 saturated carbocycles. The van der Waals surface area contributed by atoms with Crippen LogP contribution in [0.15, 0.2) is 65.1 Å². The number of hydrogen-bond donors (Lipinski definition) is 0. The van der Waals surface area contributed by atoms with E-state index < -0.39 is 19.3 Å². The van der Waals surface area contributed by atoms with Gasteiger partial charge in [0, 0.05) is 6.21 Å². The van der Waals surface area contributed by atoms with Crippen molar-refractivity contribution < 1.29 is 8.63 Å². The summed E-state index contributed by atoms with van der Waals surface area (Å²) >= 11 is 0. The van der Waals surface area contributed by atoms with Crippen LogP contribution in [-0.2, 0) is 15.4 Å². The first-order valence-corrected chi connectivity index (χ1v) is 12.7. The lowest BCUT2D eigenvalue weighted by atomic mass is 10.2. The number of benzene rings is 2. The summed E-state index contributed by atoms with van der Waals surface area (Å²) in [5.41, 5.74) is 0. The van der Waals surface area contributed by atoms with E-state index in [9.17, 15) is 4.21 Å². The highest BCUT2D eigenvalue weighted by Gasteiger charge is 2.50. The van der Waals surface area contributed by atoms with Gasteiger partial charge in [-0.25, -0.2) is 4.21 Å². The maximum atomic E-state index is 12.3. The van der Waals surface area contributed by atoms with Crippen molar-refractivity contribution in [1.82, 2.24) is 0 Å². The van der Waals surface area contributed by atoms with E-state index in [-0.39, 0.29) is 15.9 Å². The Balaban J connectivity index is 2.53. The third-order valence-electron chi connectivity index (χ3n) is 4.67. The van der Waals surface area contributed by atoms with E-state index in [2.05, 4.69) is 73.7 Å². The highest BCUT2D eigenvalue weighted by Crippen LogP contribution is 2.37. The van der Waals surface area contributed by atoms with E-state index in [0.29, 0.717) is 0 Å². The SMILES string of the molecule is C[C@@H](/C=N/S(=O)C(C)(C)C)O[Si](c1ccccc1)(c1ccccc1)C(C)(C)C. The van der Waals surface area contributed by atoms with E-state index in [4.69, 9.17) is 4.43 Å². The van der Waals surface area contributed by atoms with Crippen LogP contribution in [0.3, 0.4) is 0 Å². The molecule has 2 aromatic rings. The lowest BCUT2D eigenvalue weighted by Crippen LogP contribution is -2.67. The van der Waals surface area contributed by atoms with E-state index in [1.54, 1.807) is 6.21 Å². The van der Waals surface area contributed by atoms with Gasteiger partial charge in [-0.15, -0.1) is 0 Å². The third kappa shape index (κ3) is 5.07. The molecule has 1 unspecified atom stereocenters. The van der Waals surface area contributed by atoms with Crippen molar-refractivity contribution in [3.63, 3.8) is 0 Å². The van der Waals surface area contributed by atoms with Crippen LogP contribution < -0.4 is 10.4 Å². The van der Waals surface area contributed by atoms with E-state index in [0.717, 1.165) is 0 Å². The van der Waals surface area contributed by atoms with Crippen molar-refractivity contribution in [1.29, 1.82) is 0 Å². The number of rotatable bonds is 6. The molecule has 2 atom stereocenters. The predicted octanol–water partition coefficient (Wildman–Crippen LogP) is 4.48. The smallest absolute Gasteiger partial charge is 0.261 e. The molecule has 0 aromatic heterocycles. The van der Waals surface area contributed by atoms with Gasteiger partial charge in [0.25, 0.3) is 8.32 Å². The second-order valence-electron chi connectivity index (χ2n) is 9.10. The van der Waals surface area contributed by atoms with Gasteiger partial charge in [-0.3, -0.25) is 0 Å². The average molecular weight is 416 g/mol. The third-order valence-corrected chi connectivity index (χ3v) is 11.2. The fourth-order valence-corrected chi connectivity index (χ4v) is 8.53. The molecule has 0 bridgehead atoms. The van der Waals surface area contributed by atoms with Crippen LogP contribution in [0.5, 0.6) is 0 Å². The van der Waals surface area contributed by atoms with Crippen molar-refractivity contribution in [3.8, 4) is 0 Å². The van der Waals surface area contributed by atoms with Crippen LogP contribution in [0.4, 0.5) is 0 Å². The lowest BCUT2D eigenvalue weighted by Gasteiger charge is -2.44. The minimum atomic E-state index is -2.62. The second-order valence-corrected chi connectivity index (χ2v) is 15.3. The van der Waals surface area contributed by atoms with Gasteiger partial charge >= 0.3 is 0 Å². The summed E-state index contributed by atoms with van der Waals surface area (Å²) in [5, 5.41) is 2.36. The van der Waals surface area contributed by atoms with Crippen LogP contribution in [0.1, 0.15) is 48.5 Å². The molecule has 5 heteroatoms. The Kier molecular flexibility index (Phi) is 7.18. The first-order valence-electron chi connectivity index (χ1n) is 9.73. The summed E-state index contributed by atoms with van der Waals surface area (Å²) in [5.74, 6) is 0. The fraction of sp³-hybridized carbons (Fsp3) is 0.435. The normalized spacial score (nSPS) is 15.5. The minimum Gasteiger partial charge on any atom is -0.400 e. The molecule has 0 amide bonds. The highest BCUT2D eigenvalue weighted by atomic mass is 32.2. The van der Waals surface area contributed by atoms with Gasteiger partial charge in [0.05, 0.1) is 10.9 Å². The summed E-state index contributed by atoms with van der Waals surface area (Å²) in [6.45, 7) is 14.5. The summed E-state index contributed by atoms with van der Waals surface area (Å²) in [6, 6.07) is 21.0. The molecule has 0 aliphatic rings. The first-order chi connectivity index (χ1) is 13.0. The van der Waals surface area contributed by atoms with Gasteiger partial charge in [0.2, 0.25) is 0 Å². The van der Waals surface area contributed by atoms with Crippen molar-refractivity contribution in [2.45, 2.75) is 64.4 Å². The van der Waals surface area contributed by atoms with Gasteiger partial charge in [-0.05, 0) is 43.1 Å². The molecule has 3 nitrogen and oxygen atoms in total. The Bertz CT molecular complexity index is 768. The van der Waals surface area contributed by atoms with Gasteiger partial charge in [0.1, 0.15) is 11.0 Å². The standard InChI is InChI=1S/C23H33NO2SSi/c1-19(18-24-27(25)22(2,3)4)26-28(23(5,6)7,20-14-10-8-11-15-20)21-16-12-9-13-17-21/h8-19H,1-7H3/b24-18+/t19-,27?/m0/s1. The van der Waals surface area contributed by atoms with E-state index in [1.807, 2.05) is 39.8 Å². The molecule has 0 spiro atoms. The summed E-state index contributed by atoms with van der Waals surface area (Å²) in [4.78, 5) is 0. The zero-order chi connectivity index (χ0) is 21.0. The van der Waals surface area contributed by atoms with Gasteiger partial charge in [-0.2, -0.15) is 4.40 Å². The van der Waals surface area contributed by atoms with Gasteiger partial charge in [0.15, 0.2) is 0 Å². The maximum absolute atomic E-state index is 12.3. The van der Waals surface area contributed by atoms with Crippen LogP contribution >= 0.6 is 0 Å². The predicted molar refractivity (Wildman–Crippen MR) is 125 cm³/mol. The minimum absolute atomic E-state index is 0.0962. The second kappa shape index (κ2) is 8.85. The summed E-state index contributed by atoms with van der Waals surface area (Å²) < 4.78 is 23.1. The summed E-state index contributed by atoms with van der Waals surface area (Å²) in [6.07, 6.45) is 1.46. The Morgan fingerprint density at radius 2 is 1.32 bits per heavy atom. The van der Waals surface area contributed by atoms with Crippen molar-refractivity contribution in [3.05, 3.63) is 60.7 Å². The molecular formula is C23H33NO2SSi. The molecule has 0 saturated heterocycles. The molecule has 0 aliphatic carbocycles. The Morgan fingerprint density at radius 3 is 1.68 bits per heavy atom. The zero-order valence-electron chi connectivity index (χ0n) is 18.1. The molecule has 0 radical (unpaired) electrons. The fourth-order valence-electron chi connectivity index (χ4n) is 3.30. The van der Waals surface area contributed by atoms with E-state index in [1.165, 1.54) is 10.4 Å². The molecule has 28 heavy (non-hydrogen) atoms. The van der Waals surface area contributed by atoms with E-state index >= 15 is 0 Å². The highest BCUT2D eigenvalue weighted by molar-refractivity contribution is 7.85. The van der Waals surface area contributed by atoms with Crippen LogP contribution in [-0.4, -0.2) is 29.6 Å². The quantitative estimate of drug-likeness (QED) is 0.515. The monoisotopic (exact) mass is 415 g/mol. The van der Waals surface area contributed by atoms with Crippen LogP contribution in [0, 0.1) is 0 Å². The maximum Gasteiger partial charge on any atom is 0.261 e. The van der Waals surface area contributed by atoms with Crippen molar-refractivity contribution >= 4 is 35.9 Å². The van der Waals surface area contributed by atoms with Gasteiger partial charge < -0.3 is 4.43 Å². The van der Waals surface area contributed by atoms with Crippen molar-refractivity contribution in [2.24, 2.45) is 4.40 Å². The summed E-state index contributed by atoms with van der Waals surface area (Å²) in [7, 11) is -3.91. The zero-order valence-corrected chi connectivity index (χ0v) is 19.9. The molecule has 0 N–H and O–H groups in total. The first kappa shape index (κ1) is 22.7. The lowest BCUT2D eigenvalue weighted by molar-refractivity contribution is 0.273. The molecule has 0 heterocycles. The number of nitrogens with zero attached hydrogens (tertiary/aromatic N) is 1. The molecule has 0 aliphatic heterocycles. The topological polar surface area (TPSA) is 38.7 Å². The Labute approximate surface area is 174 Å². The molecule has 152 valence electrons. The van der Waals surface area contributed by atoms with Crippen molar-refractivity contribution in [2.75, 3.05) is 0 Å². The average Bonchev–Trinajstić information content (AvgIpc) is 2.63. The number of hydrogen-bond acceptors (Lipinski definition) is 2. The molecule has 0 fully saturated rings. The van der Waals surface area contributed by atoms with Crippen LogP contribution in [0.25, 0.3) is 0 Å². The largest absolute Gasteiger partial charge is 0.400 e. The molecule has 2 rings (SSSR count).